The summed E-state index contributed by atoms with van der Waals surface area (Å²) in [6, 6.07) is -0.352. The Hall–Kier alpha value is -0.370. The van der Waals surface area contributed by atoms with Crippen LogP contribution in [0, 0.1) is 0 Å². The van der Waals surface area contributed by atoms with E-state index in [1.807, 2.05) is 0 Å². The fourth-order valence-electron chi connectivity index (χ4n) is 0.483. The van der Waals surface area contributed by atoms with E-state index in [1.165, 1.54) is 0 Å². The van der Waals surface area contributed by atoms with Crippen LogP contribution in [0.15, 0.2) is 0 Å². The molecule has 2 N–H and O–H groups in total. The summed E-state index contributed by atoms with van der Waals surface area (Å²) in [6.45, 7) is 2.07. The van der Waals surface area contributed by atoms with Crippen molar-refractivity contribution in [2.75, 3.05) is 0 Å². The predicted molar refractivity (Wildman–Crippen MR) is 33.2 cm³/mol. The van der Waals surface area contributed by atoms with Crippen LogP contribution in [0.1, 0.15) is 26.2 Å². The van der Waals surface area contributed by atoms with E-state index in [1.54, 1.807) is 6.29 Å². The highest BCUT2D eigenvalue weighted by Gasteiger charge is 1.97. The molecule has 47 valence electrons. The summed E-state index contributed by atoms with van der Waals surface area (Å²) in [7, 11) is 0. The number of nitrogens with two attached hydrogens (primary N) is 1. The lowest BCUT2D eigenvalue weighted by Gasteiger charge is -1.97. The predicted octanol–water partition coefficient (Wildman–Crippen LogP) is 0.614. The molecule has 2 heteroatoms. The molecule has 0 amide bonds. The number of hydrogen-bond donors (Lipinski definition) is 1. The number of hydrogen-bond acceptors (Lipinski definition) is 2. The van der Waals surface area contributed by atoms with Crippen LogP contribution in [0.25, 0.3) is 0 Å². The molecule has 0 aromatic heterocycles. The molecule has 0 bridgehead atoms. The van der Waals surface area contributed by atoms with Gasteiger partial charge in [0.15, 0.2) is 0 Å². The maximum atomic E-state index is 9.76. The molecule has 0 aromatic rings. The first-order valence-corrected chi connectivity index (χ1v) is 2.94. The molecule has 0 heterocycles. The summed E-state index contributed by atoms with van der Waals surface area (Å²) in [4.78, 5) is 9.76. The van der Waals surface area contributed by atoms with Gasteiger partial charge in [0, 0.05) is 0 Å². The van der Waals surface area contributed by atoms with Gasteiger partial charge in [-0.3, -0.25) is 4.79 Å². The van der Waals surface area contributed by atoms with Crippen molar-refractivity contribution in [1.82, 2.24) is 0 Å². The maximum Gasteiger partial charge on any atom is 0.216 e. The minimum atomic E-state index is -0.352. The van der Waals surface area contributed by atoms with Crippen molar-refractivity contribution in [3.8, 4) is 0 Å². The third kappa shape index (κ3) is 3.81. The minimum absolute atomic E-state index is 0.352. The van der Waals surface area contributed by atoms with Crippen molar-refractivity contribution in [1.29, 1.82) is 0 Å². The van der Waals surface area contributed by atoms with Crippen LogP contribution in [0.4, 0.5) is 0 Å². The molecule has 8 heavy (non-hydrogen) atoms. The summed E-state index contributed by atoms with van der Waals surface area (Å²) < 4.78 is 0. The molecule has 1 radical (unpaired) electrons. The van der Waals surface area contributed by atoms with Gasteiger partial charge in [0.2, 0.25) is 6.29 Å². The zero-order chi connectivity index (χ0) is 6.41. The SMILES string of the molecule is CCCCC(N)[C]=O. The molecule has 0 saturated heterocycles. The standard InChI is InChI=1S/C6H12NO/c1-2-3-4-6(7)5-8/h6H,2-4,7H2,1H3. The van der Waals surface area contributed by atoms with Gasteiger partial charge < -0.3 is 5.73 Å². The lowest BCUT2D eigenvalue weighted by molar-refractivity contribution is 0.531. The molecule has 0 fully saturated rings. The summed E-state index contributed by atoms with van der Waals surface area (Å²) >= 11 is 0. The van der Waals surface area contributed by atoms with Crippen LogP contribution in [0.2, 0.25) is 0 Å². The van der Waals surface area contributed by atoms with Crippen LogP contribution in [0.5, 0.6) is 0 Å². The molecular formula is C6H12NO. The Balaban J connectivity index is 2.98. The Labute approximate surface area is 50.1 Å². The lowest BCUT2D eigenvalue weighted by atomic mass is 10.1. The fourth-order valence-corrected chi connectivity index (χ4v) is 0.483. The second-order valence-electron chi connectivity index (χ2n) is 1.87. The van der Waals surface area contributed by atoms with Crippen molar-refractivity contribution < 1.29 is 4.79 Å². The number of rotatable bonds is 4. The average Bonchev–Trinajstić information content (AvgIpc) is 1.83. The van der Waals surface area contributed by atoms with Gasteiger partial charge in [-0.2, -0.15) is 0 Å². The first-order valence-electron chi connectivity index (χ1n) is 2.94. The van der Waals surface area contributed by atoms with Crippen molar-refractivity contribution in [3.63, 3.8) is 0 Å². The second-order valence-corrected chi connectivity index (χ2v) is 1.87. The average molecular weight is 114 g/mol. The van der Waals surface area contributed by atoms with Gasteiger partial charge in [0.25, 0.3) is 0 Å². The molecule has 0 aliphatic carbocycles. The maximum absolute atomic E-state index is 9.76. The molecule has 0 aromatic carbocycles. The zero-order valence-electron chi connectivity index (χ0n) is 5.18. The van der Waals surface area contributed by atoms with Crippen LogP contribution in [-0.2, 0) is 4.79 Å². The Bertz CT molecular complexity index is 63.5. The van der Waals surface area contributed by atoms with E-state index in [-0.39, 0.29) is 6.04 Å². The normalized spacial score (nSPS) is 13.2. The van der Waals surface area contributed by atoms with E-state index in [4.69, 9.17) is 5.73 Å². The van der Waals surface area contributed by atoms with Gasteiger partial charge in [0.05, 0.1) is 6.04 Å². The van der Waals surface area contributed by atoms with Gasteiger partial charge in [-0.05, 0) is 6.42 Å². The summed E-state index contributed by atoms with van der Waals surface area (Å²) in [5.74, 6) is 0. The summed E-state index contributed by atoms with van der Waals surface area (Å²) in [5, 5.41) is 0. The van der Waals surface area contributed by atoms with Crippen molar-refractivity contribution in [3.05, 3.63) is 0 Å². The van der Waals surface area contributed by atoms with E-state index >= 15 is 0 Å². The van der Waals surface area contributed by atoms with E-state index < -0.39 is 0 Å². The smallest absolute Gasteiger partial charge is 0.216 e. The fraction of sp³-hybridized carbons (Fsp3) is 0.833. The van der Waals surface area contributed by atoms with Gasteiger partial charge in [-0.1, -0.05) is 19.8 Å². The van der Waals surface area contributed by atoms with Crippen molar-refractivity contribution in [2.24, 2.45) is 5.73 Å². The largest absolute Gasteiger partial charge is 0.321 e. The summed E-state index contributed by atoms with van der Waals surface area (Å²) in [5.41, 5.74) is 5.24. The molecule has 0 spiro atoms. The molecule has 1 atom stereocenters. The highest BCUT2D eigenvalue weighted by atomic mass is 16.1. The van der Waals surface area contributed by atoms with Crippen LogP contribution in [-0.4, -0.2) is 12.3 Å². The number of unbranched alkanes of at least 4 members (excludes halogenated alkanes) is 1. The second kappa shape index (κ2) is 4.78. The van der Waals surface area contributed by atoms with Crippen LogP contribution in [0.3, 0.4) is 0 Å². The quantitative estimate of drug-likeness (QED) is 0.582. The topological polar surface area (TPSA) is 43.1 Å². The molecular weight excluding hydrogens is 102 g/mol. The van der Waals surface area contributed by atoms with Crippen molar-refractivity contribution >= 4 is 6.29 Å². The Morgan fingerprint density at radius 1 is 1.75 bits per heavy atom. The van der Waals surface area contributed by atoms with Crippen LogP contribution < -0.4 is 5.73 Å². The van der Waals surface area contributed by atoms with Gasteiger partial charge in [-0.15, -0.1) is 0 Å². The lowest BCUT2D eigenvalue weighted by Crippen LogP contribution is -2.20. The number of carbonyl (C=O) groups excluding carboxylic acids is 1. The third-order valence-electron chi connectivity index (χ3n) is 1.02. The first kappa shape index (κ1) is 7.63. The zero-order valence-corrected chi connectivity index (χ0v) is 5.18. The highest BCUT2D eigenvalue weighted by Crippen LogP contribution is 1.94. The Morgan fingerprint density at radius 3 is 2.75 bits per heavy atom. The molecule has 2 nitrogen and oxygen atoms in total. The van der Waals surface area contributed by atoms with Crippen molar-refractivity contribution in [2.45, 2.75) is 32.2 Å². The molecule has 0 rings (SSSR count). The van der Waals surface area contributed by atoms with Gasteiger partial charge >= 0.3 is 0 Å². The molecule has 0 aliphatic rings. The Morgan fingerprint density at radius 2 is 2.38 bits per heavy atom. The minimum Gasteiger partial charge on any atom is -0.321 e. The van der Waals surface area contributed by atoms with E-state index in [0.717, 1.165) is 19.3 Å². The molecule has 0 aliphatic heterocycles. The third-order valence-corrected chi connectivity index (χ3v) is 1.02. The van der Waals surface area contributed by atoms with E-state index in [2.05, 4.69) is 6.92 Å². The van der Waals surface area contributed by atoms with Gasteiger partial charge in [-0.25, -0.2) is 0 Å². The van der Waals surface area contributed by atoms with Gasteiger partial charge in [0.1, 0.15) is 0 Å². The first-order chi connectivity index (χ1) is 3.81. The highest BCUT2D eigenvalue weighted by molar-refractivity contribution is 5.57. The molecule has 0 saturated carbocycles. The summed E-state index contributed by atoms with van der Waals surface area (Å²) in [6.07, 6.45) is 4.62. The van der Waals surface area contributed by atoms with Crippen LogP contribution >= 0.6 is 0 Å². The Kier molecular flexibility index (Phi) is 4.56. The molecule has 1 unspecified atom stereocenters. The van der Waals surface area contributed by atoms with E-state index in [0.29, 0.717) is 0 Å². The monoisotopic (exact) mass is 114 g/mol. The van der Waals surface area contributed by atoms with E-state index in [9.17, 15) is 4.79 Å².